The summed E-state index contributed by atoms with van der Waals surface area (Å²) in [7, 11) is 1.45. The van der Waals surface area contributed by atoms with Crippen LogP contribution in [0.2, 0.25) is 0 Å². The fourth-order valence-electron chi connectivity index (χ4n) is 2.90. The van der Waals surface area contributed by atoms with E-state index in [0.29, 0.717) is 20.6 Å². The largest absolute Gasteiger partial charge is 0.493 e. The van der Waals surface area contributed by atoms with E-state index in [2.05, 4.69) is 5.32 Å². The van der Waals surface area contributed by atoms with Gasteiger partial charge in [-0.25, -0.2) is 4.39 Å². The summed E-state index contributed by atoms with van der Waals surface area (Å²) in [5, 5.41) is 22.6. The smallest absolute Gasteiger partial charge is 0.269 e. The Morgan fingerprint density at radius 1 is 1.24 bits per heavy atom. The Hall–Kier alpha value is -3.98. The molecule has 0 heterocycles. The average molecular weight is 573 g/mol. The molecule has 1 N–H and O–H groups in total. The maximum absolute atomic E-state index is 13.8. The average Bonchev–Trinajstić information content (AvgIpc) is 2.83. The summed E-state index contributed by atoms with van der Waals surface area (Å²) in [6.45, 7) is 0.147. The molecule has 0 fully saturated rings. The lowest BCUT2D eigenvalue weighted by atomic mass is 10.1. The minimum Gasteiger partial charge on any atom is -0.493 e. The summed E-state index contributed by atoms with van der Waals surface area (Å²) in [4.78, 5) is 22.8. The summed E-state index contributed by atoms with van der Waals surface area (Å²) in [5.74, 6) is -0.557. The van der Waals surface area contributed by atoms with Crippen LogP contribution in [0.3, 0.4) is 0 Å². The third-order valence-electron chi connectivity index (χ3n) is 4.58. The first-order chi connectivity index (χ1) is 16.3. The second kappa shape index (κ2) is 11.2. The van der Waals surface area contributed by atoms with E-state index >= 15 is 0 Å². The first kappa shape index (κ1) is 24.7. The lowest BCUT2D eigenvalue weighted by Crippen LogP contribution is -2.14. The summed E-state index contributed by atoms with van der Waals surface area (Å²) < 4.78 is 25.7. The molecular weight excluding hydrogens is 556 g/mol. The van der Waals surface area contributed by atoms with Gasteiger partial charge in [-0.15, -0.1) is 0 Å². The number of methoxy groups -OCH3 is 1. The molecule has 1 amide bonds. The van der Waals surface area contributed by atoms with E-state index < -0.39 is 16.6 Å². The SMILES string of the molecule is COc1cc(/C=C(/C#N)C(=O)Nc2ccccc2F)cc(I)c1OCc1ccc([N+](=O)[O-])cc1. The van der Waals surface area contributed by atoms with E-state index in [-0.39, 0.29) is 23.6 Å². The van der Waals surface area contributed by atoms with Crippen LogP contribution in [0, 0.1) is 30.8 Å². The fourth-order valence-corrected chi connectivity index (χ4v) is 3.68. The van der Waals surface area contributed by atoms with E-state index in [1.54, 1.807) is 30.3 Å². The number of nitrogens with zero attached hydrogens (tertiary/aromatic N) is 2. The van der Waals surface area contributed by atoms with E-state index in [1.165, 1.54) is 43.5 Å². The van der Waals surface area contributed by atoms with Gasteiger partial charge < -0.3 is 14.8 Å². The number of halogens is 2. The van der Waals surface area contributed by atoms with Crippen molar-refractivity contribution in [3.63, 3.8) is 0 Å². The molecule has 172 valence electrons. The van der Waals surface area contributed by atoms with Gasteiger partial charge in [-0.05, 0) is 76.2 Å². The highest BCUT2D eigenvalue weighted by atomic mass is 127. The summed E-state index contributed by atoms with van der Waals surface area (Å²) in [5.41, 5.74) is 0.962. The maximum atomic E-state index is 13.8. The molecule has 0 aromatic heterocycles. The topological polar surface area (TPSA) is 114 Å². The number of rotatable bonds is 8. The van der Waals surface area contributed by atoms with Crippen molar-refractivity contribution in [1.29, 1.82) is 5.26 Å². The molecular formula is C24H17FIN3O5. The Bertz CT molecular complexity index is 1300. The molecule has 0 saturated heterocycles. The molecule has 0 saturated carbocycles. The second-order valence-electron chi connectivity index (χ2n) is 6.85. The zero-order valence-electron chi connectivity index (χ0n) is 17.7. The van der Waals surface area contributed by atoms with Gasteiger partial charge in [0.05, 0.1) is 21.3 Å². The van der Waals surface area contributed by atoms with E-state index in [9.17, 15) is 24.6 Å². The van der Waals surface area contributed by atoms with Gasteiger partial charge in [0.15, 0.2) is 11.5 Å². The number of carbonyl (C=O) groups excluding carboxylic acids is 1. The Morgan fingerprint density at radius 2 is 1.94 bits per heavy atom. The van der Waals surface area contributed by atoms with Gasteiger partial charge >= 0.3 is 0 Å². The number of nitrogens with one attached hydrogen (secondary N) is 1. The molecule has 0 unspecified atom stereocenters. The van der Waals surface area contributed by atoms with Crippen LogP contribution >= 0.6 is 22.6 Å². The number of carbonyl (C=O) groups is 1. The zero-order chi connectivity index (χ0) is 24.7. The summed E-state index contributed by atoms with van der Waals surface area (Å²) in [6.07, 6.45) is 1.36. The van der Waals surface area contributed by atoms with Crippen LogP contribution in [0.1, 0.15) is 11.1 Å². The predicted octanol–water partition coefficient (Wildman–Crippen LogP) is 5.47. The number of nitro benzene ring substituents is 1. The van der Waals surface area contributed by atoms with Crippen molar-refractivity contribution in [2.75, 3.05) is 12.4 Å². The van der Waals surface area contributed by atoms with Gasteiger partial charge in [-0.1, -0.05) is 12.1 Å². The van der Waals surface area contributed by atoms with Crippen molar-refractivity contribution in [1.82, 2.24) is 0 Å². The number of amides is 1. The standard InChI is InChI=1S/C24H17FIN3O5/c1-33-22-12-16(10-17(13-27)24(30)28-21-5-3-2-4-19(21)25)11-20(26)23(22)34-14-15-6-8-18(9-7-15)29(31)32/h2-12H,14H2,1H3,(H,28,30)/b17-10-. The molecule has 0 aliphatic rings. The van der Waals surface area contributed by atoms with Crippen LogP contribution in [0.4, 0.5) is 15.8 Å². The molecule has 3 aromatic rings. The summed E-state index contributed by atoms with van der Waals surface area (Å²) >= 11 is 2.03. The molecule has 34 heavy (non-hydrogen) atoms. The van der Waals surface area contributed by atoms with Crippen LogP contribution in [0.5, 0.6) is 11.5 Å². The predicted molar refractivity (Wildman–Crippen MR) is 132 cm³/mol. The highest BCUT2D eigenvalue weighted by Gasteiger charge is 2.15. The minimum atomic E-state index is -0.750. The van der Waals surface area contributed by atoms with Crippen LogP contribution in [-0.2, 0) is 11.4 Å². The lowest BCUT2D eigenvalue weighted by molar-refractivity contribution is -0.384. The third-order valence-corrected chi connectivity index (χ3v) is 5.38. The van der Waals surface area contributed by atoms with Crippen molar-refractivity contribution in [3.8, 4) is 17.6 Å². The number of ether oxygens (including phenoxy) is 2. The van der Waals surface area contributed by atoms with Gasteiger partial charge in [0, 0.05) is 12.1 Å². The molecule has 0 bridgehead atoms. The van der Waals surface area contributed by atoms with Gasteiger partial charge in [0.2, 0.25) is 0 Å². The van der Waals surface area contributed by atoms with E-state index in [0.717, 1.165) is 5.56 Å². The van der Waals surface area contributed by atoms with Gasteiger partial charge in [0.25, 0.3) is 11.6 Å². The number of hydrogen-bond donors (Lipinski definition) is 1. The highest BCUT2D eigenvalue weighted by molar-refractivity contribution is 14.1. The molecule has 0 spiro atoms. The number of nitro groups is 1. The lowest BCUT2D eigenvalue weighted by Gasteiger charge is -2.14. The third kappa shape index (κ3) is 6.08. The van der Waals surface area contributed by atoms with Crippen molar-refractivity contribution in [2.24, 2.45) is 0 Å². The monoisotopic (exact) mass is 573 g/mol. The zero-order valence-corrected chi connectivity index (χ0v) is 19.9. The molecule has 3 aromatic carbocycles. The van der Waals surface area contributed by atoms with Gasteiger partial charge in [-0.3, -0.25) is 14.9 Å². The first-order valence-corrected chi connectivity index (χ1v) is 10.8. The van der Waals surface area contributed by atoms with Crippen LogP contribution in [0.15, 0.2) is 66.2 Å². The van der Waals surface area contributed by atoms with Crippen molar-refractivity contribution >= 4 is 45.9 Å². The molecule has 8 nitrogen and oxygen atoms in total. The van der Waals surface area contributed by atoms with E-state index in [1.807, 2.05) is 28.7 Å². The highest BCUT2D eigenvalue weighted by Crippen LogP contribution is 2.35. The number of nitriles is 1. The maximum Gasteiger partial charge on any atom is 0.269 e. The minimum absolute atomic E-state index is 0.0145. The molecule has 10 heteroatoms. The number of non-ortho nitro benzene ring substituents is 1. The van der Waals surface area contributed by atoms with Crippen LogP contribution in [0.25, 0.3) is 6.08 Å². The molecule has 0 aliphatic heterocycles. The van der Waals surface area contributed by atoms with Crippen LogP contribution in [-0.4, -0.2) is 17.9 Å². The number of anilines is 1. The number of hydrogen-bond acceptors (Lipinski definition) is 6. The first-order valence-electron chi connectivity index (χ1n) is 9.73. The summed E-state index contributed by atoms with van der Waals surface area (Å²) in [6, 6.07) is 16.8. The van der Waals surface area contributed by atoms with Crippen molar-refractivity contribution < 1.29 is 23.6 Å². The molecule has 0 aliphatic carbocycles. The Kier molecular flexibility index (Phi) is 8.15. The molecule has 3 rings (SSSR count). The van der Waals surface area contributed by atoms with Crippen LogP contribution < -0.4 is 14.8 Å². The second-order valence-corrected chi connectivity index (χ2v) is 8.01. The number of para-hydroxylation sites is 1. The normalized spacial score (nSPS) is 10.8. The molecule has 0 radical (unpaired) electrons. The van der Waals surface area contributed by atoms with E-state index in [4.69, 9.17) is 9.47 Å². The van der Waals surface area contributed by atoms with Gasteiger partial charge in [-0.2, -0.15) is 5.26 Å². The fraction of sp³-hybridized carbons (Fsp3) is 0.0833. The Morgan fingerprint density at radius 3 is 2.56 bits per heavy atom. The number of benzene rings is 3. The Labute approximate surface area is 207 Å². The van der Waals surface area contributed by atoms with Gasteiger partial charge in [0.1, 0.15) is 24.1 Å². The van der Waals surface area contributed by atoms with Crippen molar-refractivity contribution in [2.45, 2.75) is 6.61 Å². The van der Waals surface area contributed by atoms with Crippen molar-refractivity contribution in [3.05, 3.63) is 96.9 Å². The molecule has 0 atom stereocenters. The quantitative estimate of drug-likeness (QED) is 0.126. The Balaban J connectivity index is 1.80.